The van der Waals surface area contributed by atoms with E-state index in [0.717, 1.165) is 24.7 Å². The molecule has 0 spiro atoms. The highest BCUT2D eigenvalue weighted by Crippen LogP contribution is 2.21. The van der Waals surface area contributed by atoms with E-state index in [0.29, 0.717) is 12.0 Å². The molecule has 2 nitrogen and oxygen atoms in total. The molecule has 1 aromatic carbocycles. The molecule has 0 aliphatic carbocycles. The molecule has 1 heterocycles. The number of likely N-dealkylation sites (tertiary alicyclic amines) is 1. The van der Waals surface area contributed by atoms with Gasteiger partial charge in [-0.15, -0.1) is 0 Å². The van der Waals surface area contributed by atoms with Crippen LogP contribution in [-0.4, -0.2) is 31.1 Å². The van der Waals surface area contributed by atoms with Crippen molar-refractivity contribution in [2.75, 3.05) is 20.1 Å². The molecule has 94 valence electrons. The van der Waals surface area contributed by atoms with Crippen LogP contribution in [0.4, 0.5) is 0 Å². The molecular weight excluding hydrogens is 232 g/mol. The molecule has 1 aliphatic heterocycles. The molecule has 0 saturated carbocycles. The van der Waals surface area contributed by atoms with Gasteiger partial charge in [-0.1, -0.05) is 36.7 Å². The first kappa shape index (κ1) is 12.9. The van der Waals surface area contributed by atoms with E-state index in [1.807, 2.05) is 12.1 Å². The molecule has 1 fully saturated rings. The highest BCUT2D eigenvalue weighted by molar-refractivity contribution is 6.31. The Morgan fingerprint density at radius 3 is 2.82 bits per heavy atom. The zero-order valence-electron chi connectivity index (χ0n) is 10.6. The Bertz CT molecular complexity index is 367. The molecule has 2 atom stereocenters. The van der Waals surface area contributed by atoms with Crippen molar-refractivity contribution in [2.45, 2.75) is 25.9 Å². The summed E-state index contributed by atoms with van der Waals surface area (Å²) in [7, 11) is 2.06. The van der Waals surface area contributed by atoms with Gasteiger partial charge in [0, 0.05) is 24.2 Å². The quantitative estimate of drug-likeness (QED) is 0.890. The van der Waals surface area contributed by atoms with Gasteiger partial charge in [0.05, 0.1) is 0 Å². The maximum absolute atomic E-state index is 6.20. The summed E-state index contributed by atoms with van der Waals surface area (Å²) in [4.78, 5) is 2.50. The molecule has 2 unspecified atom stereocenters. The minimum Gasteiger partial charge on any atom is -0.317 e. The lowest BCUT2D eigenvalue weighted by molar-refractivity contribution is 0.145. The van der Waals surface area contributed by atoms with E-state index in [1.165, 1.54) is 12.0 Å². The monoisotopic (exact) mass is 252 g/mol. The first-order valence-corrected chi connectivity index (χ1v) is 6.71. The molecule has 3 heteroatoms. The van der Waals surface area contributed by atoms with Crippen molar-refractivity contribution in [2.24, 2.45) is 5.92 Å². The Kier molecular flexibility index (Phi) is 4.43. The van der Waals surface area contributed by atoms with Crippen LogP contribution in [0, 0.1) is 5.92 Å². The highest BCUT2D eigenvalue weighted by atomic mass is 35.5. The Balaban J connectivity index is 1.95. The summed E-state index contributed by atoms with van der Waals surface area (Å²) in [6.07, 6.45) is 1.22. The summed E-state index contributed by atoms with van der Waals surface area (Å²) in [5.41, 5.74) is 1.24. The van der Waals surface area contributed by atoms with Crippen LogP contribution >= 0.6 is 11.6 Å². The van der Waals surface area contributed by atoms with E-state index in [9.17, 15) is 0 Å². The van der Waals surface area contributed by atoms with Crippen LogP contribution in [0.2, 0.25) is 5.02 Å². The maximum atomic E-state index is 6.20. The molecule has 1 aliphatic rings. The third-order valence-electron chi connectivity index (χ3n) is 3.71. The Morgan fingerprint density at radius 1 is 1.41 bits per heavy atom. The van der Waals surface area contributed by atoms with E-state index in [2.05, 4.69) is 36.3 Å². The summed E-state index contributed by atoms with van der Waals surface area (Å²) in [5.74, 6) is 0.705. The van der Waals surface area contributed by atoms with Gasteiger partial charge in [-0.25, -0.2) is 0 Å². The van der Waals surface area contributed by atoms with Gasteiger partial charge in [-0.2, -0.15) is 0 Å². The lowest BCUT2D eigenvalue weighted by Gasteiger charge is -2.36. The highest BCUT2D eigenvalue weighted by Gasteiger charge is 2.24. The van der Waals surface area contributed by atoms with E-state index in [-0.39, 0.29) is 0 Å². The Labute approximate surface area is 109 Å². The van der Waals surface area contributed by atoms with Gasteiger partial charge in [0.15, 0.2) is 0 Å². The molecule has 0 aromatic heterocycles. The maximum Gasteiger partial charge on any atom is 0.0451 e. The lowest BCUT2D eigenvalue weighted by atomic mass is 9.94. The van der Waals surface area contributed by atoms with Crippen molar-refractivity contribution in [1.29, 1.82) is 0 Å². The number of hydrogen-bond donors (Lipinski definition) is 1. The zero-order valence-corrected chi connectivity index (χ0v) is 11.4. The number of rotatable bonds is 3. The minimum absolute atomic E-state index is 0.664. The van der Waals surface area contributed by atoms with E-state index in [1.54, 1.807) is 0 Å². The van der Waals surface area contributed by atoms with Crippen molar-refractivity contribution in [1.82, 2.24) is 10.2 Å². The third-order valence-corrected chi connectivity index (χ3v) is 4.08. The molecular formula is C14H21ClN2. The van der Waals surface area contributed by atoms with Crippen molar-refractivity contribution in [3.63, 3.8) is 0 Å². The fraction of sp³-hybridized carbons (Fsp3) is 0.571. The van der Waals surface area contributed by atoms with Gasteiger partial charge in [-0.05, 0) is 37.6 Å². The number of nitrogens with zero attached hydrogens (tertiary/aromatic N) is 1. The second kappa shape index (κ2) is 5.85. The summed E-state index contributed by atoms with van der Waals surface area (Å²) in [6, 6.07) is 8.81. The molecule has 0 bridgehead atoms. The second-order valence-corrected chi connectivity index (χ2v) is 5.39. The smallest absolute Gasteiger partial charge is 0.0451 e. The molecule has 1 aromatic rings. The molecule has 2 rings (SSSR count). The van der Waals surface area contributed by atoms with Crippen LogP contribution in [0.15, 0.2) is 24.3 Å². The van der Waals surface area contributed by atoms with Gasteiger partial charge < -0.3 is 5.32 Å². The largest absolute Gasteiger partial charge is 0.317 e. The van der Waals surface area contributed by atoms with Gasteiger partial charge in [0.1, 0.15) is 0 Å². The number of halogens is 1. The molecule has 1 saturated heterocycles. The predicted molar refractivity (Wildman–Crippen MR) is 73.4 cm³/mol. The van der Waals surface area contributed by atoms with Crippen LogP contribution in [0.5, 0.6) is 0 Å². The van der Waals surface area contributed by atoms with Crippen LogP contribution < -0.4 is 5.32 Å². The molecule has 17 heavy (non-hydrogen) atoms. The van der Waals surface area contributed by atoms with Crippen molar-refractivity contribution in [3.05, 3.63) is 34.9 Å². The topological polar surface area (TPSA) is 15.3 Å². The van der Waals surface area contributed by atoms with Crippen molar-refractivity contribution < 1.29 is 0 Å². The second-order valence-electron chi connectivity index (χ2n) is 4.99. The normalized spacial score (nSPS) is 26.1. The first-order valence-electron chi connectivity index (χ1n) is 6.33. The molecule has 0 radical (unpaired) electrons. The summed E-state index contributed by atoms with van der Waals surface area (Å²) < 4.78 is 0. The van der Waals surface area contributed by atoms with E-state index >= 15 is 0 Å². The van der Waals surface area contributed by atoms with Gasteiger partial charge in [-0.3, -0.25) is 4.90 Å². The summed E-state index contributed by atoms with van der Waals surface area (Å²) >= 11 is 6.20. The standard InChI is InChI=1S/C14H21ClN2/c1-11-9-17(8-7-14(11)16-2)10-12-5-3-4-6-13(12)15/h3-6,11,14,16H,7-10H2,1-2H3. The molecule has 0 amide bonds. The Hall–Kier alpha value is -0.570. The number of piperidine rings is 1. The number of benzene rings is 1. The first-order chi connectivity index (χ1) is 8.20. The SMILES string of the molecule is CNC1CCN(Cc2ccccc2Cl)CC1C. The third kappa shape index (κ3) is 3.21. The summed E-state index contributed by atoms with van der Waals surface area (Å²) in [5, 5.41) is 4.28. The van der Waals surface area contributed by atoms with Gasteiger partial charge in [0.25, 0.3) is 0 Å². The minimum atomic E-state index is 0.664. The van der Waals surface area contributed by atoms with Gasteiger partial charge >= 0.3 is 0 Å². The van der Waals surface area contributed by atoms with Crippen LogP contribution in [-0.2, 0) is 6.54 Å². The fourth-order valence-corrected chi connectivity index (χ4v) is 2.87. The Morgan fingerprint density at radius 2 is 2.18 bits per heavy atom. The average Bonchev–Trinajstić information content (AvgIpc) is 2.32. The van der Waals surface area contributed by atoms with Crippen LogP contribution in [0.3, 0.4) is 0 Å². The van der Waals surface area contributed by atoms with E-state index < -0.39 is 0 Å². The fourth-order valence-electron chi connectivity index (χ4n) is 2.67. The number of hydrogen-bond acceptors (Lipinski definition) is 2. The van der Waals surface area contributed by atoms with Crippen LogP contribution in [0.25, 0.3) is 0 Å². The van der Waals surface area contributed by atoms with E-state index in [4.69, 9.17) is 11.6 Å². The lowest BCUT2D eigenvalue weighted by Crippen LogP contribution is -2.46. The summed E-state index contributed by atoms with van der Waals surface area (Å²) in [6.45, 7) is 5.60. The van der Waals surface area contributed by atoms with Crippen molar-refractivity contribution >= 4 is 11.6 Å². The van der Waals surface area contributed by atoms with Gasteiger partial charge in [0.2, 0.25) is 0 Å². The molecule has 1 N–H and O–H groups in total. The van der Waals surface area contributed by atoms with Crippen LogP contribution in [0.1, 0.15) is 18.9 Å². The predicted octanol–water partition coefficient (Wildman–Crippen LogP) is 2.77. The van der Waals surface area contributed by atoms with Crippen molar-refractivity contribution in [3.8, 4) is 0 Å². The average molecular weight is 253 g/mol. The zero-order chi connectivity index (χ0) is 12.3. The number of nitrogens with one attached hydrogen (secondary N) is 1.